The molecule has 1 aliphatic carbocycles. The molecular formula is C17H23N3O2. The largest absolute Gasteiger partial charge is 0.378 e. The highest BCUT2D eigenvalue weighted by Gasteiger charge is 2.60. The summed E-state index contributed by atoms with van der Waals surface area (Å²) in [5.41, 5.74) is 1.94. The van der Waals surface area contributed by atoms with Gasteiger partial charge in [0.2, 0.25) is 5.91 Å². The van der Waals surface area contributed by atoms with Crippen LogP contribution in [0.5, 0.6) is 0 Å². The van der Waals surface area contributed by atoms with Crippen LogP contribution in [-0.2, 0) is 9.53 Å². The lowest BCUT2D eigenvalue weighted by Gasteiger charge is -2.31. The number of hydrogen-bond acceptors (Lipinski definition) is 4. The van der Waals surface area contributed by atoms with E-state index in [0.717, 1.165) is 63.6 Å². The van der Waals surface area contributed by atoms with Crippen molar-refractivity contribution in [3.05, 3.63) is 24.3 Å². The number of para-hydroxylation sites is 2. The molecule has 2 N–H and O–H groups in total. The highest BCUT2D eigenvalue weighted by Crippen LogP contribution is 2.57. The van der Waals surface area contributed by atoms with E-state index in [0.29, 0.717) is 5.92 Å². The van der Waals surface area contributed by atoms with E-state index in [1.807, 2.05) is 18.2 Å². The number of fused-ring (bicyclic) bond motifs is 1. The van der Waals surface area contributed by atoms with Crippen molar-refractivity contribution in [2.45, 2.75) is 12.8 Å². The monoisotopic (exact) mass is 301 g/mol. The molecule has 5 heteroatoms. The van der Waals surface area contributed by atoms with Gasteiger partial charge >= 0.3 is 0 Å². The minimum Gasteiger partial charge on any atom is -0.378 e. The van der Waals surface area contributed by atoms with Gasteiger partial charge in [0.15, 0.2) is 0 Å². The van der Waals surface area contributed by atoms with Gasteiger partial charge in [-0.3, -0.25) is 4.79 Å². The van der Waals surface area contributed by atoms with Crippen LogP contribution in [0.4, 0.5) is 11.4 Å². The van der Waals surface area contributed by atoms with Crippen molar-refractivity contribution in [3.63, 3.8) is 0 Å². The number of carbonyl (C=O) groups is 1. The Morgan fingerprint density at radius 2 is 2.14 bits per heavy atom. The molecule has 1 aromatic carbocycles. The molecule has 4 rings (SSSR count). The van der Waals surface area contributed by atoms with Gasteiger partial charge in [-0.15, -0.1) is 0 Å². The summed E-state index contributed by atoms with van der Waals surface area (Å²) in [6.07, 6.45) is 1.99. The summed E-state index contributed by atoms with van der Waals surface area (Å²) in [4.78, 5) is 15.1. The fourth-order valence-electron chi connectivity index (χ4n) is 3.84. The third-order valence-corrected chi connectivity index (χ3v) is 5.33. The summed E-state index contributed by atoms with van der Waals surface area (Å²) in [5.74, 6) is 0.733. The van der Waals surface area contributed by atoms with Crippen LogP contribution in [0.25, 0.3) is 0 Å². The third kappa shape index (κ3) is 2.38. The van der Waals surface area contributed by atoms with Crippen LogP contribution in [0.1, 0.15) is 12.8 Å². The zero-order valence-corrected chi connectivity index (χ0v) is 12.8. The third-order valence-electron chi connectivity index (χ3n) is 5.33. The fourth-order valence-corrected chi connectivity index (χ4v) is 3.84. The Bertz CT molecular complexity index is 571. The number of hydrogen-bond donors (Lipinski definition) is 2. The van der Waals surface area contributed by atoms with Crippen LogP contribution < -0.4 is 15.5 Å². The first kappa shape index (κ1) is 14.0. The second kappa shape index (κ2) is 5.56. The van der Waals surface area contributed by atoms with Crippen molar-refractivity contribution in [2.75, 3.05) is 49.6 Å². The molecule has 1 amide bonds. The molecule has 22 heavy (non-hydrogen) atoms. The van der Waals surface area contributed by atoms with Crippen LogP contribution >= 0.6 is 0 Å². The van der Waals surface area contributed by atoms with Gasteiger partial charge in [0.05, 0.1) is 30.0 Å². The smallest absolute Gasteiger partial charge is 0.231 e. The van der Waals surface area contributed by atoms with Crippen LogP contribution in [0.3, 0.4) is 0 Å². The average molecular weight is 301 g/mol. The molecule has 5 nitrogen and oxygen atoms in total. The number of ether oxygens (including phenoxy) is 1. The number of amides is 1. The molecule has 0 radical (unpaired) electrons. The Balaban J connectivity index is 1.52. The van der Waals surface area contributed by atoms with Crippen molar-refractivity contribution in [1.82, 2.24) is 5.32 Å². The van der Waals surface area contributed by atoms with Gasteiger partial charge in [0.1, 0.15) is 0 Å². The normalized spacial score (nSPS) is 30.5. The number of rotatable bonds is 3. The van der Waals surface area contributed by atoms with Gasteiger partial charge in [-0.05, 0) is 44.0 Å². The lowest BCUT2D eigenvalue weighted by molar-refractivity contribution is -0.122. The van der Waals surface area contributed by atoms with E-state index in [4.69, 9.17) is 4.74 Å². The summed E-state index contributed by atoms with van der Waals surface area (Å²) in [6.45, 7) is 5.20. The van der Waals surface area contributed by atoms with Crippen LogP contribution in [-0.4, -0.2) is 45.3 Å². The van der Waals surface area contributed by atoms with E-state index >= 15 is 0 Å². The molecule has 2 unspecified atom stereocenters. The fraction of sp³-hybridized carbons (Fsp3) is 0.588. The first-order valence-electron chi connectivity index (χ1n) is 8.23. The summed E-state index contributed by atoms with van der Waals surface area (Å²) >= 11 is 0. The van der Waals surface area contributed by atoms with E-state index in [1.165, 1.54) is 0 Å². The summed E-state index contributed by atoms with van der Waals surface area (Å²) < 4.78 is 5.42. The Labute approximate surface area is 131 Å². The minimum atomic E-state index is -0.108. The van der Waals surface area contributed by atoms with Crippen LogP contribution in [0.15, 0.2) is 24.3 Å². The first-order chi connectivity index (χ1) is 10.8. The van der Waals surface area contributed by atoms with E-state index in [1.54, 1.807) is 0 Å². The molecule has 2 saturated heterocycles. The molecule has 0 bridgehead atoms. The average Bonchev–Trinajstić information content (AvgIpc) is 3.32. The summed E-state index contributed by atoms with van der Waals surface area (Å²) in [7, 11) is 0. The lowest BCUT2D eigenvalue weighted by atomic mass is 9.95. The number of carbonyl (C=O) groups excluding carboxylic acids is 1. The molecule has 118 valence electrons. The second-order valence-corrected chi connectivity index (χ2v) is 6.58. The molecule has 2 heterocycles. The van der Waals surface area contributed by atoms with E-state index in [9.17, 15) is 4.79 Å². The van der Waals surface area contributed by atoms with Crippen molar-refractivity contribution in [1.29, 1.82) is 0 Å². The molecule has 2 aliphatic heterocycles. The predicted octanol–water partition coefficient (Wildman–Crippen LogP) is 1.46. The molecule has 3 aliphatic rings. The highest BCUT2D eigenvalue weighted by atomic mass is 16.5. The Morgan fingerprint density at radius 3 is 2.95 bits per heavy atom. The van der Waals surface area contributed by atoms with Crippen LogP contribution in [0, 0.1) is 11.3 Å². The molecule has 2 atom stereocenters. The first-order valence-corrected chi connectivity index (χ1v) is 8.23. The van der Waals surface area contributed by atoms with Crippen molar-refractivity contribution in [2.24, 2.45) is 11.3 Å². The number of morpholine rings is 1. The lowest BCUT2D eigenvalue weighted by Crippen LogP contribution is -2.38. The Hall–Kier alpha value is -1.59. The molecule has 0 spiro atoms. The molecule has 0 aromatic heterocycles. The molecule has 1 saturated carbocycles. The van der Waals surface area contributed by atoms with Gasteiger partial charge in [0.25, 0.3) is 0 Å². The molecule has 3 fully saturated rings. The van der Waals surface area contributed by atoms with E-state index in [-0.39, 0.29) is 11.3 Å². The van der Waals surface area contributed by atoms with Crippen LogP contribution in [0.2, 0.25) is 0 Å². The quantitative estimate of drug-likeness (QED) is 0.887. The zero-order chi connectivity index (χ0) is 15.0. The Kier molecular flexibility index (Phi) is 3.54. The minimum absolute atomic E-state index is 0.108. The zero-order valence-electron chi connectivity index (χ0n) is 12.8. The van der Waals surface area contributed by atoms with Crippen molar-refractivity contribution < 1.29 is 9.53 Å². The standard InChI is InChI=1S/C17H23N3O2/c21-16(17-5-6-18-12-13(17)11-17)19-14-3-1-2-4-15(14)20-7-9-22-10-8-20/h1-4,13,18H,5-12H2,(H,19,21). The SMILES string of the molecule is O=C(Nc1ccccc1N1CCOCC1)C12CCNCC1C2. The topological polar surface area (TPSA) is 53.6 Å². The predicted molar refractivity (Wildman–Crippen MR) is 86.1 cm³/mol. The Morgan fingerprint density at radius 1 is 1.32 bits per heavy atom. The second-order valence-electron chi connectivity index (χ2n) is 6.58. The molecular weight excluding hydrogens is 278 g/mol. The van der Waals surface area contributed by atoms with Gasteiger partial charge in [-0.2, -0.15) is 0 Å². The van der Waals surface area contributed by atoms with E-state index in [2.05, 4.69) is 21.6 Å². The number of piperidine rings is 1. The summed E-state index contributed by atoms with van der Waals surface area (Å²) in [6, 6.07) is 8.12. The summed E-state index contributed by atoms with van der Waals surface area (Å²) in [5, 5.41) is 6.59. The maximum Gasteiger partial charge on any atom is 0.231 e. The number of nitrogens with one attached hydrogen (secondary N) is 2. The number of benzene rings is 1. The molecule has 1 aromatic rings. The highest BCUT2D eigenvalue weighted by molar-refractivity contribution is 6.00. The van der Waals surface area contributed by atoms with Gasteiger partial charge in [-0.1, -0.05) is 12.1 Å². The maximum absolute atomic E-state index is 12.8. The maximum atomic E-state index is 12.8. The van der Waals surface area contributed by atoms with Gasteiger partial charge in [0, 0.05) is 13.1 Å². The van der Waals surface area contributed by atoms with Gasteiger partial charge in [-0.25, -0.2) is 0 Å². The van der Waals surface area contributed by atoms with Gasteiger partial charge < -0.3 is 20.3 Å². The van der Waals surface area contributed by atoms with Crippen molar-refractivity contribution in [3.8, 4) is 0 Å². The van der Waals surface area contributed by atoms with E-state index < -0.39 is 0 Å². The number of nitrogens with zero attached hydrogens (tertiary/aromatic N) is 1. The number of anilines is 2. The van der Waals surface area contributed by atoms with Crippen molar-refractivity contribution >= 4 is 17.3 Å².